The summed E-state index contributed by atoms with van der Waals surface area (Å²) in [6.07, 6.45) is 1.22. The van der Waals surface area contributed by atoms with Crippen molar-refractivity contribution in [3.8, 4) is 11.8 Å². The summed E-state index contributed by atoms with van der Waals surface area (Å²) in [6, 6.07) is 11.0. The van der Waals surface area contributed by atoms with Gasteiger partial charge in [-0.25, -0.2) is 0 Å². The Labute approximate surface area is 162 Å². The lowest BCUT2D eigenvalue weighted by molar-refractivity contribution is -0.122. The van der Waals surface area contributed by atoms with Crippen LogP contribution in [0, 0.1) is 16.7 Å². The van der Waals surface area contributed by atoms with Crippen molar-refractivity contribution in [2.75, 3.05) is 5.32 Å². The highest BCUT2D eigenvalue weighted by Gasteiger charge is 2.34. The summed E-state index contributed by atoms with van der Waals surface area (Å²) >= 11 is 0. The number of nitrogens with one attached hydrogen (secondary N) is 1. The number of carbonyl (C=O) groups excluding carboxylic acids is 3. The van der Waals surface area contributed by atoms with Gasteiger partial charge in [0.1, 0.15) is 17.4 Å². The third kappa shape index (κ3) is 3.08. The van der Waals surface area contributed by atoms with Gasteiger partial charge in [0.15, 0.2) is 17.3 Å². The number of anilines is 1. The van der Waals surface area contributed by atoms with Crippen LogP contribution in [0.4, 0.5) is 5.69 Å². The number of nitriles is 1. The van der Waals surface area contributed by atoms with Crippen LogP contribution < -0.4 is 5.32 Å². The molecule has 0 atom stereocenters. The van der Waals surface area contributed by atoms with Gasteiger partial charge in [-0.2, -0.15) is 5.26 Å². The normalized spacial score (nSPS) is 13.4. The molecule has 0 saturated heterocycles. The lowest BCUT2D eigenvalue weighted by Gasteiger charge is -2.21. The molecule has 0 radical (unpaired) electrons. The number of rotatable bonds is 3. The van der Waals surface area contributed by atoms with Crippen molar-refractivity contribution in [3.63, 3.8) is 0 Å². The number of ketones is 3. The van der Waals surface area contributed by atoms with Crippen LogP contribution in [0.1, 0.15) is 52.6 Å². The van der Waals surface area contributed by atoms with Crippen molar-refractivity contribution in [1.29, 1.82) is 5.26 Å². The van der Waals surface area contributed by atoms with Crippen molar-refractivity contribution >= 4 is 23.0 Å². The number of phenols is 1. The van der Waals surface area contributed by atoms with Crippen LogP contribution >= 0.6 is 0 Å². The van der Waals surface area contributed by atoms with Crippen LogP contribution in [0.5, 0.6) is 5.75 Å². The van der Waals surface area contributed by atoms with Gasteiger partial charge in [0.2, 0.25) is 0 Å². The molecule has 0 amide bonds. The Bertz CT molecular complexity index is 1100. The van der Waals surface area contributed by atoms with E-state index in [1.54, 1.807) is 39.0 Å². The first kappa shape index (κ1) is 19.1. The largest absolute Gasteiger partial charge is 0.507 e. The van der Waals surface area contributed by atoms with Gasteiger partial charge in [-0.15, -0.1) is 0 Å². The van der Waals surface area contributed by atoms with Gasteiger partial charge in [0, 0.05) is 22.7 Å². The molecule has 6 nitrogen and oxygen atoms in total. The first-order valence-electron chi connectivity index (χ1n) is 8.62. The topological polar surface area (TPSA) is 107 Å². The summed E-state index contributed by atoms with van der Waals surface area (Å²) in [5.41, 5.74) is -0.238. The minimum atomic E-state index is -0.748. The standard InChI is InChI=1S/C22H18N2O4/c1-22(2,3)21(28)12(10-23)11-24-15-8-9-16(25)18-17(15)19(26)13-6-4-5-7-14(13)20(18)27/h4-9,11,24-25H,1-3H3. The quantitative estimate of drug-likeness (QED) is 0.412. The van der Waals surface area contributed by atoms with Gasteiger partial charge in [-0.3, -0.25) is 14.4 Å². The number of carbonyl (C=O) groups is 3. The second kappa shape index (κ2) is 6.78. The number of nitrogens with zero attached hydrogens (tertiary/aromatic N) is 1. The maximum Gasteiger partial charge on any atom is 0.198 e. The molecule has 28 heavy (non-hydrogen) atoms. The minimum Gasteiger partial charge on any atom is -0.507 e. The van der Waals surface area contributed by atoms with Crippen molar-refractivity contribution in [2.24, 2.45) is 5.41 Å². The van der Waals surface area contributed by atoms with Gasteiger partial charge in [0.25, 0.3) is 0 Å². The Hall–Kier alpha value is -3.72. The molecular weight excluding hydrogens is 356 g/mol. The Balaban J connectivity index is 2.10. The Kier molecular flexibility index (Phi) is 4.61. The first-order valence-corrected chi connectivity index (χ1v) is 8.62. The fourth-order valence-corrected chi connectivity index (χ4v) is 3.03. The zero-order valence-corrected chi connectivity index (χ0v) is 15.7. The van der Waals surface area contributed by atoms with E-state index >= 15 is 0 Å². The molecule has 3 rings (SSSR count). The van der Waals surface area contributed by atoms with Gasteiger partial charge in [-0.1, -0.05) is 45.0 Å². The van der Waals surface area contributed by atoms with Crippen LogP contribution in [0.2, 0.25) is 0 Å². The van der Waals surface area contributed by atoms with Gasteiger partial charge in [-0.05, 0) is 12.1 Å². The predicted octanol–water partition coefficient (Wildman–Crippen LogP) is 3.60. The number of allylic oxidation sites excluding steroid dienone is 1. The van der Waals surface area contributed by atoms with E-state index in [1.165, 1.54) is 24.4 Å². The molecule has 0 saturated carbocycles. The Morgan fingerprint density at radius 3 is 2.14 bits per heavy atom. The minimum absolute atomic E-state index is 0.0143. The average Bonchev–Trinajstić information content (AvgIpc) is 2.66. The van der Waals surface area contributed by atoms with Crippen LogP contribution in [-0.2, 0) is 4.79 Å². The number of Topliss-reactive ketones (excluding diaryl/α,β-unsaturated/α-hetero) is 1. The highest BCUT2D eigenvalue weighted by atomic mass is 16.3. The first-order chi connectivity index (χ1) is 13.2. The van der Waals surface area contributed by atoms with Crippen molar-refractivity contribution < 1.29 is 19.5 Å². The molecule has 0 fully saturated rings. The van der Waals surface area contributed by atoms with Crippen molar-refractivity contribution in [2.45, 2.75) is 20.8 Å². The van der Waals surface area contributed by atoms with Crippen LogP contribution in [0.25, 0.3) is 0 Å². The van der Waals surface area contributed by atoms with Crippen LogP contribution in [0.3, 0.4) is 0 Å². The maximum atomic E-state index is 13.0. The number of fused-ring (bicyclic) bond motifs is 2. The van der Waals surface area contributed by atoms with E-state index in [2.05, 4.69) is 5.32 Å². The smallest absolute Gasteiger partial charge is 0.198 e. The molecule has 2 N–H and O–H groups in total. The second-order valence-corrected chi connectivity index (χ2v) is 7.48. The van der Waals surface area contributed by atoms with Gasteiger partial charge in [0.05, 0.1) is 16.8 Å². The molecule has 1 aliphatic carbocycles. The van der Waals surface area contributed by atoms with E-state index in [0.29, 0.717) is 0 Å². The Morgan fingerprint density at radius 2 is 1.61 bits per heavy atom. The van der Waals surface area contributed by atoms with E-state index in [4.69, 9.17) is 0 Å². The third-order valence-electron chi connectivity index (χ3n) is 4.47. The molecule has 140 valence electrons. The molecule has 0 unspecified atom stereocenters. The lowest BCUT2D eigenvalue weighted by Crippen LogP contribution is -2.23. The SMILES string of the molecule is CC(C)(C)C(=O)C(C#N)=CNc1ccc(O)c2c1C(=O)c1ccccc1C2=O. The Morgan fingerprint density at radius 1 is 1.04 bits per heavy atom. The van der Waals surface area contributed by atoms with Gasteiger partial charge >= 0.3 is 0 Å². The number of phenolic OH excluding ortho intramolecular Hbond substituents is 1. The zero-order valence-electron chi connectivity index (χ0n) is 15.7. The fourth-order valence-electron chi connectivity index (χ4n) is 3.03. The third-order valence-corrected chi connectivity index (χ3v) is 4.47. The van der Waals surface area contributed by atoms with E-state index in [1.807, 2.05) is 6.07 Å². The van der Waals surface area contributed by atoms with E-state index in [-0.39, 0.29) is 45.0 Å². The monoisotopic (exact) mass is 374 g/mol. The molecule has 0 aliphatic heterocycles. The molecule has 0 heterocycles. The highest BCUT2D eigenvalue weighted by Crippen LogP contribution is 2.37. The molecule has 1 aliphatic rings. The summed E-state index contributed by atoms with van der Waals surface area (Å²) in [7, 11) is 0. The van der Waals surface area contributed by atoms with Gasteiger partial charge < -0.3 is 10.4 Å². The van der Waals surface area contributed by atoms with E-state index < -0.39 is 17.0 Å². The molecule has 0 aromatic heterocycles. The summed E-state index contributed by atoms with van der Waals surface area (Å²) in [4.78, 5) is 38.1. The molecule has 0 spiro atoms. The second-order valence-electron chi connectivity index (χ2n) is 7.48. The molecule has 2 aromatic rings. The van der Waals surface area contributed by atoms with E-state index in [9.17, 15) is 24.8 Å². The highest BCUT2D eigenvalue weighted by molar-refractivity contribution is 6.31. The van der Waals surface area contributed by atoms with Crippen LogP contribution in [-0.4, -0.2) is 22.5 Å². The summed E-state index contributed by atoms with van der Waals surface area (Å²) < 4.78 is 0. The number of hydrogen-bond donors (Lipinski definition) is 2. The summed E-state index contributed by atoms with van der Waals surface area (Å²) in [6.45, 7) is 5.09. The summed E-state index contributed by atoms with van der Waals surface area (Å²) in [5, 5.41) is 22.3. The molecular formula is C22H18N2O4. The van der Waals surface area contributed by atoms with E-state index in [0.717, 1.165) is 0 Å². The fraction of sp³-hybridized carbons (Fsp3) is 0.182. The predicted molar refractivity (Wildman–Crippen MR) is 103 cm³/mol. The number of benzene rings is 2. The average molecular weight is 374 g/mol. The van der Waals surface area contributed by atoms with Crippen molar-refractivity contribution in [3.05, 3.63) is 70.4 Å². The molecule has 6 heteroatoms. The van der Waals surface area contributed by atoms with Crippen molar-refractivity contribution in [1.82, 2.24) is 0 Å². The zero-order chi connectivity index (χ0) is 20.6. The maximum absolute atomic E-state index is 13.0. The number of aromatic hydroxyl groups is 1. The summed E-state index contributed by atoms with van der Waals surface area (Å²) in [5.74, 6) is -1.54. The number of hydrogen-bond acceptors (Lipinski definition) is 6. The van der Waals surface area contributed by atoms with Crippen LogP contribution in [0.15, 0.2) is 48.2 Å². The molecule has 2 aromatic carbocycles. The lowest BCUT2D eigenvalue weighted by atomic mass is 9.82. The molecule has 0 bridgehead atoms.